The number of nitrogens with one attached hydrogen (secondary N) is 1. The Morgan fingerprint density at radius 3 is 2.85 bits per heavy atom. The summed E-state index contributed by atoms with van der Waals surface area (Å²) in [5.41, 5.74) is 0.182. The normalized spacial score (nSPS) is 18.3. The molecule has 1 saturated heterocycles. The van der Waals surface area contributed by atoms with Gasteiger partial charge in [-0.2, -0.15) is 8.78 Å². The summed E-state index contributed by atoms with van der Waals surface area (Å²) in [6, 6.07) is 6.23. The molecular weight excluding hydrogens is 266 g/mol. The Morgan fingerprint density at radius 2 is 2.25 bits per heavy atom. The Labute approximate surface area is 116 Å². The van der Waals surface area contributed by atoms with E-state index in [-0.39, 0.29) is 23.3 Å². The lowest BCUT2D eigenvalue weighted by Crippen LogP contribution is -2.41. The van der Waals surface area contributed by atoms with Crippen LogP contribution in [0.1, 0.15) is 23.7 Å². The monoisotopic (exact) mass is 284 g/mol. The Kier molecular flexibility index (Phi) is 4.89. The zero-order chi connectivity index (χ0) is 14.5. The second-order valence-corrected chi connectivity index (χ2v) is 4.61. The topological polar surface area (TPSA) is 41.6 Å². The summed E-state index contributed by atoms with van der Waals surface area (Å²) in [5, 5.41) is 3.20. The van der Waals surface area contributed by atoms with Crippen molar-refractivity contribution in [2.75, 3.05) is 19.6 Å². The van der Waals surface area contributed by atoms with Gasteiger partial charge in [0.05, 0.1) is 5.56 Å². The third kappa shape index (κ3) is 3.25. The summed E-state index contributed by atoms with van der Waals surface area (Å²) < 4.78 is 29.2. The molecule has 0 bridgehead atoms. The molecule has 1 aromatic rings. The van der Waals surface area contributed by atoms with E-state index in [1.807, 2.05) is 6.92 Å². The number of amides is 1. The maximum atomic E-state index is 12.5. The molecule has 0 saturated carbocycles. The molecule has 110 valence electrons. The SMILES string of the molecule is CCN(C(=O)c1ccccc1OC(F)F)C1CCNC1. The maximum absolute atomic E-state index is 12.5. The predicted molar refractivity (Wildman–Crippen MR) is 71.1 cm³/mol. The number of likely N-dealkylation sites (N-methyl/N-ethyl adjacent to an activating group) is 1. The highest BCUT2D eigenvalue weighted by Gasteiger charge is 2.28. The molecule has 1 amide bonds. The number of hydrogen-bond acceptors (Lipinski definition) is 3. The van der Waals surface area contributed by atoms with Gasteiger partial charge < -0.3 is 15.0 Å². The van der Waals surface area contributed by atoms with E-state index in [1.165, 1.54) is 12.1 Å². The Balaban J connectivity index is 2.22. The van der Waals surface area contributed by atoms with Gasteiger partial charge in [0.1, 0.15) is 5.75 Å². The molecule has 1 atom stereocenters. The molecule has 1 fully saturated rings. The molecule has 6 heteroatoms. The second-order valence-electron chi connectivity index (χ2n) is 4.61. The molecule has 1 aromatic carbocycles. The lowest BCUT2D eigenvalue weighted by Gasteiger charge is -2.27. The average Bonchev–Trinajstić information content (AvgIpc) is 2.93. The molecule has 1 heterocycles. The first kappa shape index (κ1) is 14.7. The maximum Gasteiger partial charge on any atom is 0.387 e. The molecule has 1 N–H and O–H groups in total. The highest BCUT2D eigenvalue weighted by atomic mass is 19.3. The van der Waals surface area contributed by atoms with Crippen molar-refractivity contribution in [1.82, 2.24) is 10.2 Å². The highest BCUT2D eigenvalue weighted by Crippen LogP contribution is 2.23. The van der Waals surface area contributed by atoms with Gasteiger partial charge in [0, 0.05) is 19.1 Å². The quantitative estimate of drug-likeness (QED) is 0.900. The smallest absolute Gasteiger partial charge is 0.387 e. The number of carbonyl (C=O) groups excluding carboxylic acids is 1. The van der Waals surface area contributed by atoms with Crippen LogP contribution >= 0.6 is 0 Å². The van der Waals surface area contributed by atoms with Gasteiger partial charge in [0.15, 0.2) is 0 Å². The van der Waals surface area contributed by atoms with Gasteiger partial charge in [-0.15, -0.1) is 0 Å². The Hall–Kier alpha value is -1.69. The number of alkyl halides is 2. The molecule has 1 aliphatic heterocycles. The van der Waals surface area contributed by atoms with Crippen LogP contribution in [0, 0.1) is 0 Å². The van der Waals surface area contributed by atoms with Crippen LogP contribution in [0.5, 0.6) is 5.75 Å². The van der Waals surface area contributed by atoms with Crippen LogP contribution in [0.3, 0.4) is 0 Å². The van der Waals surface area contributed by atoms with Crippen LogP contribution in [-0.4, -0.2) is 43.1 Å². The number of nitrogens with zero attached hydrogens (tertiary/aromatic N) is 1. The van der Waals surface area contributed by atoms with Gasteiger partial charge in [-0.3, -0.25) is 4.79 Å². The van der Waals surface area contributed by atoms with Crippen LogP contribution < -0.4 is 10.1 Å². The molecule has 0 aliphatic carbocycles. The standard InChI is InChI=1S/C14H18F2N2O2/c1-2-18(10-7-8-17-9-10)13(19)11-5-3-4-6-12(11)20-14(15)16/h3-6,10,14,17H,2,7-9H2,1H3. The van der Waals surface area contributed by atoms with Crippen molar-refractivity contribution < 1.29 is 18.3 Å². The van der Waals surface area contributed by atoms with Gasteiger partial charge in [-0.25, -0.2) is 0 Å². The van der Waals surface area contributed by atoms with Gasteiger partial charge in [-0.05, 0) is 32.0 Å². The number of para-hydroxylation sites is 1. The molecule has 4 nitrogen and oxygen atoms in total. The van der Waals surface area contributed by atoms with Gasteiger partial charge in [0.2, 0.25) is 0 Å². The van der Waals surface area contributed by atoms with E-state index < -0.39 is 6.61 Å². The minimum absolute atomic E-state index is 0.0723. The van der Waals surface area contributed by atoms with Gasteiger partial charge in [-0.1, -0.05) is 12.1 Å². The van der Waals surface area contributed by atoms with Crippen LogP contribution in [0.2, 0.25) is 0 Å². The lowest BCUT2D eigenvalue weighted by molar-refractivity contribution is -0.0503. The van der Waals surface area contributed by atoms with E-state index in [1.54, 1.807) is 17.0 Å². The zero-order valence-corrected chi connectivity index (χ0v) is 11.3. The second kappa shape index (κ2) is 6.65. The van der Waals surface area contributed by atoms with E-state index in [2.05, 4.69) is 10.1 Å². The first-order valence-electron chi connectivity index (χ1n) is 6.69. The minimum atomic E-state index is -2.94. The van der Waals surface area contributed by atoms with E-state index in [9.17, 15) is 13.6 Å². The molecular formula is C14H18F2N2O2. The van der Waals surface area contributed by atoms with Crippen molar-refractivity contribution in [3.63, 3.8) is 0 Å². The van der Waals surface area contributed by atoms with Crippen molar-refractivity contribution >= 4 is 5.91 Å². The fourth-order valence-corrected chi connectivity index (χ4v) is 2.47. The van der Waals surface area contributed by atoms with E-state index in [4.69, 9.17) is 0 Å². The zero-order valence-electron chi connectivity index (χ0n) is 11.3. The van der Waals surface area contributed by atoms with Crippen molar-refractivity contribution in [2.24, 2.45) is 0 Å². The molecule has 0 spiro atoms. The van der Waals surface area contributed by atoms with Crippen molar-refractivity contribution in [1.29, 1.82) is 0 Å². The van der Waals surface area contributed by atoms with E-state index in [0.29, 0.717) is 6.54 Å². The fraction of sp³-hybridized carbons (Fsp3) is 0.500. The summed E-state index contributed by atoms with van der Waals surface area (Å²) in [5.74, 6) is -0.339. The molecule has 1 unspecified atom stereocenters. The first-order valence-corrected chi connectivity index (χ1v) is 6.69. The largest absolute Gasteiger partial charge is 0.434 e. The summed E-state index contributed by atoms with van der Waals surface area (Å²) >= 11 is 0. The van der Waals surface area contributed by atoms with Crippen LogP contribution in [0.15, 0.2) is 24.3 Å². The number of ether oxygens (including phenoxy) is 1. The van der Waals surface area contributed by atoms with Crippen molar-refractivity contribution in [3.05, 3.63) is 29.8 Å². The van der Waals surface area contributed by atoms with Crippen LogP contribution in [-0.2, 0) is 0 Å². The third-order valence-corrected chi connectivity index (χ3v) is 3.41. The summed E-state index contributed by atoms with van der Waals surface area (Å²) in [6.45, 7) is 1.08. The molecule has 1 aliphatic rings. The Bertz CT molecular complexity index is 462. The summed E-state index contributed by atoms with van der Waals surface area (Å²) in [6.07, 6.45) is 0.872. The van der Waals surface area contributed by atoms with Crippen LogP contribution in [0.4, 0.5) is 8.78 Å². The number of halogens is 2. The van der Waals surface area contributed by atoms with Gasteiger partial charge >= 0.3 is 6.61 Å². The van der Waals surface area contributed by atoms with Crippen molar-refractivity contribution in [3.8, 4) is 5.75 Å². The minimum Gasteiger partial charge on any atom is -0.434 e. The number of hydrogen-bond donors (Lipinski definition) is 1. The summed E-state index contributed by atoms with van der Waals surface area (Å²) in [7, 11) is 0. The van der Waals surface area contributed by atoms with Gasteiger partial charge in [0.25, 0.3) is 5.91 Å². The lowest BCUT2D eigenvalue weighted by atomic mass is 10.1. The predicted octanol–water partition coefficient (Wildman–Crippen LogP) is 2.11. The summed E-state index contributed by atoms with van der Waals surface area (Å²) in [4.78, 5) is 14.2. The average molecular weight is 284 g/mol. The fourth-order valence-electron chi connectivity index (χ4n) is 2.47. The number of rotatable bonds is 5. The van der Waals surface area contributed by atoms with Crippen molar-refractivity contribution in [2.45, 2.75) is 26.0 Å². The Morgan fingerprint density at radius 1 is 1.50 bits per heavy atom. The number of carbonyl (C=O) groups is 1. The number of benzene rings is 1. The molecule has 0 radical (unpaired) electrons. The van der Waals surface area contributed by atoms with E-state index in [0.717, 1.165) is 19.5 Å². The highest BCUT2D eigenvalue weighted by molar-refractivity contribution is 5.97. The van der Waals surface area contributed by atoms with Crippen LogP contribution in [0.25, 0.3) is 0 Å². The first-order chi connectivity index (χ1) is 9.63. The molecule has 2 rings (SSSR count). The molecule has 0 aromatic heterocycles. The van der Waals surface area contributed by atoms with E-state index >= 15 is 0 Å². The third-order valence-electron chi connectivity index (χ3n) is 3.41. The molecule has 20 heavy (non-hydrogen) atoms.